The molecule has 0 unspecified atom stereocenters. The van der Waals surface area contributed by atoms with Gasteiger partial charge in [-0.1, -0.05) is 0 Å². The molecule has 0 aliphatic carbocycles. The number of nitrogens with one attached hydrogen (secondary N) is 2. The van der Waals surface area contributed by atoms with Crippen molar-refractivity contribution in [3.63, 3.8) is 0 Å². The molecule has 0 saturated carbocycles. The summed E-state index contributed by atoms with van der Waals surface area (Å²) in [4.78, 5) is 4.92. The molecule has 1 aliphatic heterocycles. The minimum atomic E-state index is 0. The molecule has 0 aromatic carbocycles. The fourth-order valence-corrected chi connectivity index (χ4v) is 1.84. The summed E-state index contributed by atoms with van der Waals surface area (Å²) in [5.74, 6) is 0. The van der Waals surface area contributed by atoms with E-state index < -0.39 is 0 Å². The van der Waals surface area contributed by atoms with Crippen LogP contribution in [0, 0.1) is 0 Å². The quantitative estimate of drug-likeness (QED) is 0.463. The highest BCUT2D eigenvalue weighted by molar-refractivity contribution is 4.69. The molecule has 1 fully saturated rings. The molecule has 0 aromatic rings. The number of hydrogen-bond donors (Lipinski definition) is 3. The Morgan fingerprint density at radius 1 is 1.00 bits per heavy atom. The number of piperazine rings is 1. The van der Waals surface area contributed by atoms with E-state index in [0.29, 0.717) is 0 Å². The van der Waals surface area contributed by atoms with Gasteiger partial charge in [0.25, 0.3) is 0 Å². The fraction of sp³-hybridized carbons (Fsp3) is 1.00. The smallest absolute Gasteiger partial charge is 0.0110 e. The number of nitrogens with two attached hydrogens (primary N) is 1. The summed E-state index contributed by atoms with van der Waals surface area (Å²) in [6.45, 7) is 10.8. The van der Waals surface area contributed by atoms with Crippen LogP contribution in [0.5, 0.6) is 0 Å². The van der Waals surface area contributed by atoms with Crippen molar-refractivity contribution in [2.45, 2.75) is 0 Å². The van der Waals surface area contributed by atoms with Crippen LogP contribution in [0.15, 0.2) is 0 Å². The molecule has 5 heteroatoms. The van der Waals surface area contributed by atoms with Crippen LogP contribution < -0.4 is 16.4 Å². The standard InChI is InChI=1S/C11H27N5.2H2/c1-15-8-10-16(11-9-15)7-6-14-5-4-13-3-2-12;;/h13-14H,2-12H2,1H3;2*1H. The zero-order valence-electron chi connectivity index (χ0n) is 10.5. The van der Waals surface area contributed by atoms with Crippen molar-refractivity contribution in [3.05, 3.63) is 0 Å². The number of hydrogen-bond acceptors (Lipinski definition) is 5. The van der Waals surface area contributed by atoms with Gasteiger partial charge in [-0.2, -0.15) is 0 Å². The molecular weight excluding hydrogens is 202 g/mol. The highest BCUT2D eigenvalue weighted by Gasteiger charge is 2.12. The van der Waals surface area contributed by atoms with Gasteiger partial charge in [-0.15, -0.1) is 0 Å². The van der Waals surface area contributed by atoms with Crippen molar-refractivity contribution in [1.82, 2.24) is 20.4 Å². The third-order valence-electron chi connectivity index (χ3n) is 3.00. The van der Waals surface area contributed by atoms with Crippen LogP contribution in [-0.4, -0.2) is 82.3 Å². The summed E-state index contributed by atoms with van der Waals surface area (Å²) >= 11 is 0. The van der Waals surface area contributed by atoms with E-state index >= 15 is 0 Å². The minimum Gasteiger partial charge on any atom is -0.329 e. The molecule has 1 heterocycles. The lowest BCUT2D eigenvalue weighted by molar-refractivity contribution is 0.155. The first kappa shape index (κ1) is 13.9. The lowest BCUT2D eigenvalue weighted by Gasteiger charge is -2.32. The first-order valence-electron chi connectivity index (χ1n) is 6.35. The molecule has 100 valence electrons. The van der Waals surface area contributed by atoms with Crippen LogP contribution in [0.25, 0.3) is 0 Å². The van der Waals surface area contributed by atoms with Crippen LogP contribution in [0.4, 0.5) is 0 Å². The molecule has 1 rings (SSSR count). The van der Waals surface area contributed by atoms with E-state index in [-0.39, 0.29) is 2.85 Å². The van der Waals surface area contributed by atoms with Gasteiger partial charge in [0.05, 0.1) is 0 Å². The molecule has 16 heavy (non-hydrogen) atoms. The van der Waals surface area contributed by atoms with Gasteiger partial charge in [-0.05, 0) is 7.05 Å². The van der Waals surface area contributed by atoms with Crippen LogP contribution in [0.1, 0.15) is 2.85 Å². The van der Waals surface area contributed by atoms with Gasteiger partial charge in [-0.3, -0.25) is 4.90 Å². The second-order valence-electron chi connectivity index (χ2n) is 4.43. The lowest BCUT2D eigenvalue weighted by Crippen LogP contribution is -2.46. The first-order valence-corrected chi connectivity index (χ1v) is 6.35. The van der Waals surface area contributed by atoms with Gasteiger partial charge in [0.1, 0.15) is 0 Å². The Hall–Kier alpha value is -0.200. The van der Waals surface area contributed by atoms with Gasteiger partial charge < -0.3 is 21.3 Å². The highest BCUT2D eigenvalue weighted by atomic mass is 15.2. The van der Waals surface area contributed by atoms with Crippen LogP contribution >= 0.6 is 0 Å². The third-order valence-corrected chi connectivity index (χ3v) is 3.00. The SMILES string of the molecule is CN1CCN(CCNCCNCCN)CC1.[HH].[HH]. The molecular formula is C11H31N5. The average Bonchev–Trinajstić information content (AvgIpc) is 2.30. The monoisotopic (exact) mass is 233 g/mol. The predicted octanol–water partition coefficient (Wildman–Crippen LogP) is -1.14. The molecule has 5 nitrogen and oxygen atoms in total. The molecule has 0 radical (unpaired) electrons. The van der Waals surface area contributed by atoms with Crippen molar-refractivity contribution in [1.29, 1.82) is 0 Å². The van der Waals surface area contributed by atoms with Gasteiger partial charge in [0.15, 0.2) is 0 Å². The maximum atomic E-state index is 5.38. The van der Waals surface area contributed by atoms with E-state index in [1.165, 1.54) is 32.7 Å². The average molecular weight is 233 g/mol. The Morgan fingerprint density at radius 3 is 2.25 bits per heavy atom. The van der Waals surface area contributed by atoms with Gasteiger partial charge in [0.2, 0.25) is 0 Å². The zero-order valence-corrected chi connectivity index (χ0v) is 10.5. The summed E-state index contributed by atoms with van der Waals surface area (Å²) < 4.78 is 0. The summed E-state index contributed by atoms with van der Waals surface area (Å²) in [6.07, 6.45) is 0. The fourth-order valence-electron chi connectivity index (χ4n) is 1.84. The highest BCUT2D eigenvalue weighted by Crippen LogP contribution is 1.97. The van der Waals surface area contributed by atoms with Crippen molar-refractivity contribution in [3.8, 4) is 0 Å². The zero-order chi connectivity index (χ0) is 11.6. The Morgan fingerprint density at radius 2 is 1.62 bits per heavy atom. The molecule has 0 atom stereocenters. The topological polar surface area (TPSA) is 56.6 Å². The van der Waals surface area contributed by atoms with E-state index in [0.717, 1.165) is 32.7 Å². The summed E-state index contributed by atoms with van der Waals surface area (Å²) in [5.41, 5.74) is 5.38. The Balaban J connectivity index is 0. The molecule has 0 bridgehead atoms. The number of likely N-dealkylation sites (N-methyl/N-ethyl adjacent to an activating group) is 1. The normalized spacial score (nSPS) is 19.1. The molecule has 0 spiro atoms. The van der Waals surface area contributed by atoms with Crippen molar-refractivity contribution < 1.29 is 2.85 Å². The van der Waals surface area contributed by atoms with Gasteiger partial charge in [0, 0.05) is 68.3 Å². The van der Waals surface area contributed by atoms with Crippen molar-refractivity contribution in [2.24, 2.45) is 5.73 Å². The molecule has 1 aliphatic rings. The van der Waals surface area contributed by atoms with E-state index in [1.54, 1.807) is 0 Å². The van der Waals surface area contributed by atoms with Crippen LogP contribution in [0.2, 0.25) is 0 Å². The number of nitrogens with zero attached hydrogens (tertiary/aromatic N) is 2. The summed E-state index contributed by atoms with van der Waals surface area (Å²) in [7, 11) is 2.19. The Kier molecular flexibility index (Phi) is 7.71. The Labute approximate surface area is 102 Å². The Bertz CT molecular complexity index is 166. The number of rotatable bonds is 8. The van der Waals surface area contributed by atoms with E-state index in [2.05, 4.69) is 27.5 Å². The van der Waals surface area contributed by atoms with E-state index in [1.807, 2.05) is 0 Å². The first-order chi connectivity index (χ1) is 7.83. The summed E-state index contributed by atoms with van der Waals surface area (Å²) in [6, 6.07) is 0. The predicted molar refractivity (Wildman–Crippen MR) is 73.0 cm³/mol. The van der Waals surface area contributed by atoms with E-state index in [4.69, 9.17) is 5.73 Å². The summed E-state index contributed by atoms with van der Waals surface area (Å²) in [5, 5.41) is 6.72. The maximum Gasteiger partial charge on any atom is 0.0110 e. The molecule has 0 aromatic heterocycles. The van der Waals surface area contributed by atoms with Crippen molar-refractivity contribution in [2.75, 3.05) is 72.5 Å². The van der Waals surface area contributed by atoms with Gasteiger partial charge >= 0.3 is 0 Å². The van der Waals surface area contributed by atoms with Gasteiger partial charge in [-0.25, -0.2) is 0 Å². The van der Waals surface area contributed by atoms with Crippen molar-refractivity contribution >= 4 is 0 Å². The van der Waals surface area contributed by atoms with Crippen LogP contribution in [-0.2, 0) is 0 Å². The van der Waals surface area contributed by atoms with E-state index in [9.17, 15) is 0 Å². The molecule has 4 N–H and O–H groups in total. The second kappa shape index (κ2) is 8.90. The largest absolute Gasteiger partial charge is 0.329 e. The van der Waals surface area contributed by atoms with Crippen LogP contribution in [0.3, 0.4) is 0 Å². The maximum absolute atomic E-state index is 5.38. The minimum absolute atomic E-state index is 0. The molecule has 0 amide bonds. The third kappa shape index (κ3) is 6.40. The molecule has 1 saturated heterocycles. The lowest BCUT2D eigenvalue weighted by atomic mass is 10.3. The second-order valence-corrected chi connectivity index (χ2v) is 4.43.